The van der Waals surface area contributed by atoms with E-state index in [0.29, 0.717) is 21.7 Å². The van der Waals surface area contributed by atoms with Crippen LogP contribution < -0.4 is 10.2 Å². The highest BCUT2D eigenvalue weighted by atomic mass is 32.1. The number of aromatic nitrogens is 2. The number of halogens is 3. The predicted molar refractivity (Wildman–Crippen MR) is 79.3 cm³/mol. The van der Waals surface area contributed by atoms with Crippen molar-refractivity contribution in [2.24, 2.45) is 5.92 Å². The van der Waals surface area contributed by atoms with E-state index in [1.54, 1.807) is 6.07 Å². The third-order valence-corrected chi connectivity index (χ3v) is 5.47. The molecule has 0 spiro atoms. The zero-order chi connectivity index (χ0) is 15.3. The number of anilines is 1. The van der Waals surface area contributed by atoms with Gasteiger partial charge in [0.15, 0.2) is 0 Å². The van der Waals surface area contributed by atoms with Crippen molar-refractivity contribution in [3.63, 3.8) is 0 Å². The normalized spacial score (nSPS) is 25.1. The van der Waals surface area contributed by atoms with Gasteiger partial charge in [-0.3, -0.25) is 0 Å². The summed E-state index contributed by atoms with van der Waals surface area (Å²) in [5, 5.41) is 4.12. The summed E-state index contributed by atoms with van der Waals surface area (Å²) >= 11 is 1.11. The Labute approximate surface area is 129 Å². The van der Waals surface area contributed by atoms with Crippen molar-refractivity contribution in [1.82, 2.24) is 15.3 Å². The molecule has 2 aliphatic rings. The van der Waals surface area contributed by atoms with Gasteiger partial charge in [-0.25, -0.2) is 9.97 Å². The molecule has 0 bridgehead atoms. The first kappa shape index (κ1) is 14.2. The fourth-order valence-electron chi connectivity index (χ4n) is 3.37. The molecule has 118 valence electrons. The van der Waals surface area contributed by atoms with Crippen LogP contribution in [0.25, 0.3) is 10.2 Å². The number of piperidine rings is 1. The van der Waals surface area contributed by atoms with Crippen molar-refractivity contribution in [3.05, 3.63) is 17.3 Å². The van der Waals surface area contributed by atoms with E-state index >= 15 is 0 Å². The number of hydrogen-bond donors (Lipinski definition) is 1. The van der Waals surface area contributed by atoms with Gasteiger partial charge in [0.25, 0.3) is 0 Å². The third kappa shape index (κ3) is 2.44. The summed E-state index contributed by atoms with van der Waals surface area (Å²) in [7, 11) is 0. The van der Waals surface area contributed by atoms with Crippen LogP contribution >= 0.6 is 11.3 Å². The molecule has 2 saturated heterocycles. The van der Waals surface area contributed by atoms with E-state index in [2.05, 4.69) is 20.2 Å². The number of thiophene rings is 1. The van der Waals surface area contributed by atoms with Crippen molar-refractivity contribution in [3.8, 4) is 0 Å². The average Bonchev–Trinajstić information content (AvgIpc) is 2.81. The minimum absolute atomic E-state index is 0.295. The molecule has 0 amide bonds. The Hall–Kier alpha value is -1.41. The van der Waals surface area contributed by atoms with Crippen LogP contribution in [0.4, 0.5) is 19.0 Å². The van der Waals surface area contributed by atoms with Gasteiger partial charge in [-0.1, -0.05) is 0 Å². The number of rotatable bonds is 2. The minimum atomic E-state index is -4.19. The number of nitrogens with one attached hydrogen (secondary N) is 1. The molecule has 0 aliphatic carbocycles. The molecule has 0 aromatic carbocycles. The Bertz CT molecular complexity index is 699. The summed E-state index contributed by atoms with van der Waals surface area (Å²) < 4.78 is 37.7. The van der Waals surface area contributed by atoms with E-state index < -0.39 is 12.6 Å². The van der Waals surface area contributed by atoms with Crippen LogP contribution in [0.1, 0.15) is 11.3 Å². The average molecular weight is 328 g/mol. The van der Waals surface area contributed by atoms with Gasteiger partial charge in [0.2, 0.25) is 0 Å². The highest BCUT2D eigenvalue weighted by Crippen LogP contribution is 2.39. The Morgan fingerprint density at radius 1 is 1.36 bits per heavy atom. The van der Waals surface area contributed by atoms with E-state index in [4.69, 9.17) is 0 Å². The topological polar surface area (TPSA) is 41.0 Å². The summed E-state index contributed by atoms with van der Waals surface area (Å²) in [6.07, 6.45) is -2.49. The molecule has 0 radical (unpaired) electrons. The van der Waals surface area contributed by atoms with Gasteiger partial charge in [-0.15, -0.1) is 11.3 Å². The Kier molecular flexibility index (Phi) is 3.26. The highest BCUT2D eigenvalue weighted by Gasteiger charge is 2.41. The Morgan fingerprint density at radius 2 is 2.23 bits per heavy atom. The van der Waals surface area contributed by atoms with Gasteiger partial charge in [0.1, 0.15) is 17.0 Å². The minimum Gasteiger partial charge on any atom is -0.351 e. The van der Waals surface area contributed by atoms with Crippen LogP contribution in [0.15, 0.2) is 12.4 Å². The summed E-state index contributed by atoms with van der Waals surface area (Å²) in [5.41, 5.74) is 0. The summed E-state index contributed by atoms with van der Waals surface area (Å²) in [6, 6.07) is 2.00. The van der Waals surface area contributed by atoms with Gasteiger partial charge >= 0.3 is 6.18 Å². The monoisotopic (exact) mass is 328 g/mol. The number of alkyl halides is 3. The maximum atomic E-state index is 12.6. The second-order valence-corrected chi connectivity index (χ2v) is 7.01. The second kappa shape index (κ2) is 5.06. The van der Waals surface area contributed by atoms with Crippen molar-refractivity contribution in [2.45, 2.75) is 25.1 Å². The van der Waals surface area contributed by atoms with Crippen LogP contribution in [0.3, 0.4) is 0 Å². The quantitative estimate of drug-likeness (QED) is 0.920. The molecule has 4 nitrogen and oxygen atoms in total. The predicted octanol–water partition coefficient (Wildman–Crippen LogP) is 2.59. The standard InChI is InChI=1S/C14H15F3N4S/c15-14(16,17)4-9-3-10-12(19-7-20-13(10)22-9)21-6-8-1-2-18-5-11(8)21/h3,7-8,11,18H,1-2,4-6H2/t8-,11-/m0/s1. The molecule has 22 heavy (non-hydrogen) atoms. The summed E-state index contributed by atoms with van der Waals surface area (Å²) in [4.78, 5) is 11.6. The summed E-state index contributed by atoms with van der Waals surface area (Å²) in [6.45, 7) is 2.89. The second-order valence-electron chi connectivity index (χ2n) is 5.89. The van der Waals surface area contributed by atoms with E-state index in [0.717, 1.165) is 48.6 Å². The first-order chi connectivity index (χ1) is 10.5. The summed E-state index contributed by atoms with van der Waals surface area (Å²) in [5.74, 6) is 1.44. The van der Waals surface area contributed by atoms with E-state index in [9.17, 15) is 13.2 Å². The van der Waals surface area contributed by atoms with E-state index in [-0.39, 0.29) is 0 Å². The lowest BCUT2D eigenvalue weighted by Gasteiger charge is -2.51. The molecular formula is C14H15F3N4S. The third-order valence-electron chi connectivity index (χ3n) is 4.43. The first-order valence-corrected chi connectivity index (χ1v) is 8.10. The number of fused-ring (bicyclic) bond motifs is 2. The van der Waals surface area contributed by atoms with E-state index in [1.165, 1.54) is 6.33 Å². The Morgan fingerprint density at radius 3 is 3.00 bits per heavy atom. The molecule has 4 heterocycles. The molecule has 2 aromatic heterocycles. The largest absolute Gasteiger partial charge is 0.393 e. The van der Waals surface area contributed by atoms with Gasteiger partial charge < -0.3 is 10.2 Å². The molecule has 8 heteroatoms. The lowest BCUT2D eigenvalue weighted by Crippen LogP contribution is -2.64. The first-order valence-electron chi connectivity index (χ1n) is 7.29. The van der Waals surface area contributed by atoms with Crippen molar-refractivity contribution < 1.29 is 13.2 Å². The van der Waals surface area contributed by atoms with Crippen molar-refractivity contribution >= 4 is 27.4 Å². The molecule has 4 rings (SSSR count). The maximum absolute atomic E-state index is 12.6. The van der Waals surface area contributed by atoms with Gasteiger partial charge in [0, 0.05) is 24.0 Å². The van der Waals surface area contributed by atoms with Crippen LogP contribution in [-0.2, 0) is 6.42 Å². The molecular weight excluding hydrogens is 313 g/mol. The van der Waals surface area contributed by atoms with Gasteiger partial charge in [0.05, 0.1) is 11.8 Å². The zero-order valence-corrected chi connectivity index (χ0v) is 12.5. The van der Waals surface area contributed by atoms with Gasteiger partial charge in [-0.05, 0) is 24.9 Å². The number of nitrogens with zero attached hydrogens (tertiary/aromatic N) is 3. The smallest absolute Gasteiger partial charge is 0.351 e. The molecule has 0 saturated carbocycles. The molecule has 2 atom stereocenters. The van der Waals surface area contributed by atoms with Gasteiger partial charge in [-0.2, -0.15) is 13.2 Å². The van der Waals surface area contributed by atoms with Crippen LogP contribution in [0.5, 0.6) is 0 Å². The lowest BCUT2D eigenvalue weighted by molar-refractivity contribution is -0.126. The van der Waals surface area contributed by atoms with Crippen LogP contribution in [0, 0.1) is 5.92 Å². The number of hydrogen-bond acceptors (Lipinski definition) is 5. The van der Waals surface area contributed by atoms with E-state index in [1.807, 2.05) is 0 Å². The fraction of sp³-hybridized carbons (Fsp3) is 0.571. The molecule has 0 unspecified atom stereocenters. The molecule has 2 fully saturated rings. The van der Waals surface area contributed by atoms with Crippen molar-refractivity contribution in [2.75, 3.05) is 24.5 Å². The molecule has 2 aromatic rings. The van der Waals surface area contributed by atoms with Crippen LogP contribution in [-0.4, -0.2) is 41.8 Å². The maximum Gasteiger partial charge on any atom is 0.393 e. The lowest BCUT2D eigenvalue weighted by atomic mass is 9.83. The van der Waals surface area contributed by atoms with Crippen LogP contribution in [0.2, 0.25) is 0 Å². The highest BCUT2D eigenvalue weighted by molar-refractivity contribution is 7.18. The molecule has 1 N–H and O–H groups in total. The van der Waals surface area contributed by atoms with Crippen molar-refractivity contribution in [1.29, 1.82) is 0 Å². The zero-order valence-electron chi connectivity index (χ0n) is 11.7. The molecule has 2 aliphatic heterocycles. The Balaban J connectivity index is 1.66. The SMILES string of the molecule is FC(F)(F)Cc1cc2c(N3C[C@@H]4CCNC[C@@H]43)ncnc2s1. The fourth-order valence-corrected chi connectivity index (χ4v) is 4.40.